The van der Waals surface area contributed by atoms with Gasteiger partial charge in [0.05, 0.1) is 6.54 Å². The summed E-state index contributed by atoms with van der Waals surface area (Å²) in [7, 11) is -3.89. The zero-order valence-corrected chi connectivity index (χ0v) is 12.7. The van der Waals surface area contributed by atoms with Gasteiger partial charge in [-0.15, -0.1) is 0 Å². The van der Waals surface area contributed by atoms with Crippen LogP contribution in [0.4, 0.5) is 4.79 Å². The monoisotopic (exact) mass is 308 g/mol. The lowest BCUT2D eigenvalue weighted by molar-refractivity contribution is -0.154. The average molecular weight is 308 g/mol. The molecule has 1 fully saturated rings. The van der Waals surface area contributed by atoms with Crippen LogP contribution in [0, 0.1) is 0 Å². The number of ether oxygens (including phenoxy) is 2. The number of hydrogen-bond acceptors (Lipinski definition) is 6. The summed E-state index contributed by atoms with van der Waals surface area (Å²) >= 11 is 0. The molecule has 1 heterocycles. The predicted molar refractivity (Wildman–Crippen MR) is 70.1 cm³/mol. The zero-order chi connectivity index (χ0) is 15.4. The normalized spacial score (nSPS) is 16.1. The fraction of sp³-hybridized carbons (Fsp3) is 0.818. The van der Waals surface area contributed by atoms with Crippen LogP contribution in [0.5, 0.6) is 0 Å². The Bertz CT molecular complexity index is 468. The van der Waals surface area contributed by atoms with Gasteiger partial charge in [0.2, 0.25) is 0 Å². The summed E-state index contributed by atoms with van der Waals surface area (Å²) in [6.07, 6.45) is -0.494. The summed E-state index contributed by atoms with van der Waals surface area (Å²) in [5.74, 6) is -0.391. The highest BCUT2D eigenvalue weighted by Gasteiger charge is 2.33. The third-order valence-corrected chi connectivity index (χ3v) is 3.76. The molecule has 1 amide bonds. The van der Waals surface area contributed by atoms with E-state index in [1.54, 1.807) is 20.8 Å². The Kier molecular flexibility index (Phi) is 5.35. The van der Waals surface area contributed by atoms with E-state index in [9.17, 15) is 18.0 Å². The second-order valence-corrected chi connectivity index (χ2v) is 6.96. The Balaban J connectivity index is 2.30. The van der Waals surface area contributed by atoms with Crippen molar-refractivity contribution in [3.63, 3.8) is 0 Å². The highest BCUT2D eigenvalue weighted by molar-refractivity contribution is 7.87. The lowest BCUT2D eigenvalue weighted by Gasteiger charge is -2.19. The Hall–Kier alpha value is -1.35. The molecule has 0 bridgehead atoms. The molecule has 0 atom stereocenters. The second-order valence-electron chi connectivity index (χ2n) is 5.28. The van der Waals surface area contributed by atoms with Crippen LogP contribution in [0.3, 0.4) is 0 Å². The summed E-state index contributed by atoms with van der Waals surface area (Å²) in [5.41, 5.74) is -0.560. The summed E-state index contributed by atoms with van der Waals surface area (Å²) in [5, 5.41) is 0. The van der Waals surface area contributed by atoms with Crippen molar-refractivity contribution in [2.45, 2.75) is 39.2 Å². The number of amides is 1. The number of rotatable bonds is 6. The molecule has 9 heteroatoms. The first-order valence-electron chi connectivity index (χ1n) is 6.28. The van der Waals surface area contributed by atoms with Gasteiger partial charge in [-0.25, -0.2) is 4.79 Å². The van der Waals surface area contributed by atoms with Crippen LogP contribution in [-0.4, -0.2) is 50.1 Å². The van der Waals surface area contributed by atoms with Crippen LogP contribution in [0.2, 0.25) is 0 Å². The van der Waals surface area contributed by atoms with E-state index < -0.39 is 27.9 Å². The molecular weight excluding hydrogens is 288 g/mol. The molecule has 1 aliphatic heterocycles. The highest BCUT2D eigenvalue weighted by Crippen LogP contribution is 2.10. The lowest BCUT2D eigenvalue weighted by Crippen LogP contribution is -2.41. The van der Waals surface area contributed by atoms with Crippen molar-refractivity contribution >= 4 is 22.3 Å². The van der Waals surface area contributed by atoms with E-state index in [1.165, 1.54) is 0 Å². The third-order valence-electron chi connectivity index (χ3n) is 2.28. The van der Waals surface area contributed by atoms with E-state index >= 15 is 0 Å². The van der Waals surface area contributed by atoms with E-state index in [2.05, 4.69) is 9.46 Å². The highest BCUT2D eigenvalue weighted by atomic mass is 32.2. The molecule has 0 saturated carbocycles. The first-order chi connectivity index (χ1) is 9.12. The Labute approximate surface area is 118 Å². The van der Waals surface area contributed by atoms with Crippen LogP contribution in [0.25, 0.3) is 0 Å². The number of nitrogens with one attached hydrogen (secondary N) is 1. The van der Waals surface area contributed by atoms with E-state index in [-0.39, 0.29) is 32.5 Å². The van der Waals surface area contributed by atoms with Crippen LogP contribution in [0.15, 0.2) is 0 Å². The number of cyclic esters (lactones) is 1. The summed E-state index contributed by atoms with van der Waals surface area (Å²) in [4.78, 5) is 22.5. The van der Waals surface area contributed by atoms with Crippen LogP contribution >= 0.6 is 0 Å². The summed E-state index contributed by atoms with van der Waals surface area (Å²) < 4.78 is 35.9. The van der Waals surface area contributed by atoms with Crippen molar-refractivity contribution in [3.8, 4) is 0 Å². The molecule has 1 N–H and O–H groups in total. The van der Waals surface area contributed by atoms with Gasteiger partial charge >= 0.3 is 22.3 Å². The number of carbonyl (C=O) groups is 2. The zero-order valence-electron chi connectivity index (χ0n) is 11.8. The van der Waals surface area contributed by atoms with Gasteiger partial charge in [-0.2, -0.15) is 17.4 Å². The molecule has 1 saturated heterocycles. The van der Waals surface area contributed by atoms with Crippen molar-refractivity contribution < 1.29 is 27.5 Å². The minimum Gasteiger partial charge on any atom is -0.460 e. The third kappa shape index (κ3) is 5.33. The number of nitrogens with zero attached hydrogens (tertiary/aromatic N) is 1. The molecule has 0 aliphatic carbocycles. The van der Waals surface area contributed by atoms with Crippen molar-refractivity contribution in [2.75, 3.05) is 19.7 Å². The second kappa shape index (κ2) is 6.40. The van der Waals surface area contributed by atoms with Crippen molar-refractivity contribution in [3.05, 3.63) is 0 Å². The molecule has 0 spiro atoms. The van der Waals surface area contributed by atoms with Crippen LogP contribution in [-0.2, 0) is 24.5 Å². The van der Waals surface area contributed by atoms with Crippen molar-refractivity contribution in [2.24, 2.45) is 0 Å². The van der Waals surface area contributed by atoms with Gasteiger partial charge in [0.1, 0.15) is 12.2 Å². The van der Waals surface area contributed by atoms with Gasteiger partial charge in [-0.3, -0.25) is 4.79 Å². The quantitative estimate of drug-likeness (QED) is 0.563. The molecule has 116 valence electrons. The smallest absolute Gasteiger partial charge is 0.424 e. The SMILES string of the molecule is CC(C)(C)OC(=O)CCCNS(=O)(=O)N1CCOC1=O. The molecule has 0 aromatic carbocycles. The molecule has 1 rings (SSSR count). The van der Waals surface area contributed by atoms with Crippen LogP contribution in [0.1, 0.15) is 33.6 Å². The molecule has 20 heavy (non-hydrogen) atoms. The maximum Gasteiger partial charge on any atom is 0.424 e. The molecule has 0 unspecified atom stereocenters. The Morgan fingerprint density at radius 3 is 2.60 bits per heavy atom. The largest absolute Gasteiger partial charge is 0.460 e. The maximum absolute atomic E-state index is 11.7. The van der Waals surface area contributed by atoms with Gasteiger partial charge in [-0.05, 0) is 27.2 Å². The van der Waals surface area contributed by atoms with Crippen molar-refractivity contribution in [1.29, 1.82) is 0 Å². The van der Waals surface area contributed by atoms with Gasteiger partial charge in [-0.1, -0.05) is 0 Å². The maximum atomic E-state index is 11.7. The predicted octanol–water partition coefficient (Wildman–Crippen LogP) is 0.395. The van der Waals surface area contributed by atoms with Gasteiger partial charge < -0.3 is 9.47 Å². The lowest BCUT2D eigenvalue weighted by atomic mass is 10.2. The average Bonchev–Trinajstić information content (AvgIpc) is 2.69. The van der Waals surface area contributed by atoms with E-state index in [1.807, 2.05) is 0 Å². The molecule has 0 aromatic heterocycles. The fourth-order valence-electron chi connectivity index (χ4n) is 1.50. The molecule has 0 radical (unpaired) electrons. The van der Waals surface area contributed by atoms with Gasteiger partial charge in [0, 0.05) is 13.0 Å². The van der Waals surface area contributed by atoms with Crippen LogP contribution < -0.4 is 4.72 Å². The summed E-state index contributed by atoms with van der Waals surface area (Å²) in [6.45, 7) is 5.37. The molecule has 8 nitrogen and oxygen atoms in total. The topological polar surface area (TPSA) is 102 Å². The number of esters is 1. The fourth-order valence-corrected chi connectivity index (χ4v) is 2.62. The van der Waals surface area contributed by atoms with Gasteiger partial charge in [0.25, 0.3) is 0 Å². The minimum absolute atomic E-state index is 0.000231. The molecule has 1 aliphatic rings. The minimum atomic E-state index is -3.89. The number of carbonyl (C=O) groups excluding carboxylic acids is 2. The summed E-state index contributed by atoms with van der Waals surface area (Å²) in [6, 6.07) is 0. The van der Waals surface area contributed by atoms with Gasteiger partial charge in [0.15, 0.2) is 0 Å². The van der Waals surface area contributed by atoms with Crippen molar-refractivity contribution in [1.82, 2.24) is 9.03 Å². The van der Waals surface area contributed by atoms with E-state index in [0.29, 0.717) is 4.31 Å². The Morgan fingerprint density at radius 2 is 2.10 bits per heavy atom. The van der Waals surface area contributed by atoms with E-state index in [0.717, 1.165) is 0 Å². The first kappa shape index (κ1) is 16.7. The molecular formula is C11H20N2O6S. The first-order valence-corrected chi connectivity index (χ1v) is 7.72. The Morgan fingerprint density at radius 1 is 1.45 bits per heavy atom. The molecule has 0 aromatic rings. The number of hydrogen-bond donors (Lipinski definition) is 1. The van der Waals surface area contributed by atoms with E-state index in [4.69, 9.17) is 4.74 Å². The standard InChI is InChI=1S/C11H20N2O6S/c1-11(2,3)19-9(14)5-4-6-12-20(16,17)13-7-8-18-10(13)15/h12H,4-8H2,1-3H3.